The molecule has 3 heterocycles. The van der Waals surface area contributed by atoms with Crippen molar-refractivity contribution in [3.63, 3.8) is 0 Å². The Labute approximate surface area is 215 Å². The lowest BCUT2D eigenvalue weighted by Crippen LogP contribution is -2.52. The third kappa shape index (κ3) is 4.99. The molecule has 2 aliphatic heterocycles. The maximum atomic E-state index is 13.7. The molecular formula is C23H27ClFN5O3S2. The zero-order valence-corrected chi connectivity index (χ0v) is 21.0. The molecule has 0 saturated carbocycles. The molecule has 5 rings (SSSR count). The van der Waals surface area contributed by atoms with Crippen LogP contribution >= 0.6 is 22.9 Å². The number of hydrogen-bond acceptors (Lipinski definition) is 7. The Morgan fingerprint density at radius 2 is 1.83 bits per heavy atom. The molecule has 2 aromatic carbocycles. The SMILES string of the molecule is O=C1[C@@H](N2CCN(c3cc(F)ccc3Cl)CC2)CCN1c1ccc(S(=O)(=O)Nc2nccs2)cc1.[HH].[HH]. The van der Waals surface area contributed by atoms with Crippen LogP contribution in [0.3, 0.4) is 0 Å². The van der Waals surface area contributed by atoms with Gasteiger partial charge in [-0.05, 0) is 48.9 Å². The molecule has 188 valence electrons. The van der Waals surface area contributed by atoms with Crippen molar-refractivity contribution in [2.75, 3.05) is 47.2 Å². The van der Waals surface area contributed by atoms with Crippen molar-refractivity contribution in [1.29, 1.82) is 0 Å². The average Bonchev–Trinajstić information content (AvgIpc) is 3.50. The Hall–Kier alpha value is -2.73. The van der Waals surface area contributed by atoms with E-state index in [1.165, 1.54) is 41.8 Å². The van der Waals surface area contributed by atoms with Gasteiger partial charge in [0.05, 0.1) is 21.6 Å². The van der Waals surface area contributed by atoms with Gasteiger partial charge in [-0.2, -0.15) is 0 Å². The lowest BCUT2D eigenvalue weighted by Gasteiger charge is -2.38. The van der Waals surface area contributed by atoms with E-state index in [0.29, 0.717) is 60.7 Å². The van der Waals surface area contributed by atoms with E-state index in [2.05, 4.69) is 14.6 Å². The van der Waals surface area contributed by atoms with Crippen LogP contribution in [0.2, 0.25) is 5.02 Å². The summed E-state index contributed by atoms with van der Waals surface area (Å²) in [6.07, 6.45) is 2.21. The van der Waals surface area contributed by atoms with Gasteiger partial charge >= 0.3 is 0 Å². The summed E-state index contributed by atoms with van der Waals surface area (Å²) in [7, 11) is -3.75. The number of nitrogens with zero attached hydrogens (tertiary/aromatic N) is 4. The lowest BCUT2D eigenvalue weighted by atomic mass is 10.1. The van der Waals surface area contributed by atoms with Crippen LogP contribution in [0.1, 0.15) is 9.27 Å². The first-order valence-electron chi connectivity index (χ1n) is 11.1. The number of aromatic nitrogens is 1. The summed E-state index contributed by atoms with van der Waals surface area (Å²) in [5.74, 6) is -0.329. The molecule has 8 nitrogen and oxygen atoms in total. The monoisotopic (exact) mass is 539 g/mol. The van der Waals surface area contributed by atoms with Crippen LogP contribution in [-0.2, 0) is 14.8 Å². The van der Waals surface area contributed by atoms with Gasteiger partial charge in [-0.15, -0.1) is 11.3 Å². The van der Waals surface area contributed by atoms with Gasteiger partial charge in [0.2, 0.25) is 5.91 Å². The number of rotatable bonds is 6. The summed E-state index contributed by atoms with van der Waals surface area (Å²) in [4.78, 5) is 23.2. The van der Waals surface area contributed by atoms with Crippen LogP contribution in [0.15, 0.2) is 58.9 Å². The van der Waals surface area contributed by atoms with E-state index >= 15 is 0 Å². The van der Waals surface area contributed by atoms with Crippen LogP contribution in [0, 0.1) is 5.82 Å². The molecule has 12 heteroatoms. The number of piperazine rings is 1. The summed E-state index contributed by atoms with van der Waals surface area (Å²) in [6.45, 7) is 3.17. The largest absolute Gasteiger partial charge is 0.368 e. The van der Waals surface area contributed by atoms with Crippen molar-refractivity contribution in [1.82, 2.24) is 9.88 Å². The van der Waals surface area contributed by atoms with Crippen molar-refractivity contribution in [2.24, 2.45) is 0 Å². The van der Waals surface area contributed by atoms with Crippen LogP contribution < -0.4 is 14.5 Å². The molecule has 0 aliphatic carbocycles. The molecule has 1 aromatic heterocycles. The Balaban J connectivity index is 0.00000190. The number of nitrogens with one attached hydrogen (secondary N) is 1. The highest BCUT2D eigenvalue weighted by atomic mass is 35.5. The summed E-state index contributed by atoms with van der Waals surface area (Å²) >= 11 is 7.45. The number of amides is 1. The van der Waals surface area contributed by atoms with Crippen LogP contribution in [0.5, 0.6) is 0 Å². The average molecular weight is 540 g/mol. The van der Waals surface area contributed by atoms with Gasteiger partial charge in [0, 0.05) is 52.8 Å². The molecule has 0 radical (unpaired) electrons. The highest BCUT2D eigenvalue weighted by Crippen LogP contribution is 2.30. The van der Waals surface area contributed by atoms with Crippen molar-refractivity contribution >= 4 is 55.4 Å². The lowest BCUT2D eigenvalue weighted by molar-refractivity contribution is -0.121. The van der Waals surface area contributed by atoms with E-state index < -0.39 is 10.0 Å². The number of sulfonamides is 1. The highest BCUT2D eigenvalue weighted by molar-refractivity contribution is 7.93. The molecule has 1 N–H and O–H groups in total. The maximum Gasteiger partial charge on any atom is 0.263 e. The molecule has 35 heavy (non-hydrogen) atoms. The van der Waals surface area contributed by atoms with E-state index in [9.17, 15) is 17.6 Å². The fraction of sp³-hybridized carbons (Fsp3) is 0.304. The summed E-state index contributed by atoms with van der Waals surface area (Å²) in [6, 6.07) is 10.4. The molecule has 2 fully saturated rings. The third-order valence-electron chi connectivity index (χ3n) is 6.29. The molecule has 2 aliphatic rings. The topological polar surface area (TPSA) is 85.9 Å². The first-order valence-corrected chi connectivity index (χ1v) is 13.8. The number of anilines is 3. The van der Waals surface area contributed by atoms with E-state index in [0.717, 1.165) is 0 Å². The first kappa shape index (κ1) is 24.0. The molecule has 3 aromatic rings. The van der Waals surface area contributed by atoms with Crippen LogP contribution in [0.25, 0.3) is 0 Å². The predicted octanol–water partition coefficient (Wildman–Crippen LogP) is 4.16. The summed E-state index contributed by atoms with van der Waals surface area (Å²) in [5, 5.41) is 2.49. The number of hydrogen-bond donors (Lipinski definition) is 1. The smallest absolute Gasteiger partial charge is 0.263 e. The number of thiazole rings is 1. The minimum Gasteiger partial charge on any atom is -0.368 e. The van der Waals surface area contributed by atoms with Crippen molar-refractivity contribution in [3.05, 3.63) is 64.9 Å². The Kier molecular flexibility index (Phi) is 6.67. The van der Waals surface area contributed by atoms with Crippen LogP contribution in [0.4, 0.5) is 20.9 Å². The number of carbonyl (C=O) groups is 1. The molecule has 1 atom stereocenters. The molecule has 1 amide bonds. The minimum absolute atomic E-state index is 0. The van der Waals surface area contributed by atoms with Gasteiger partial charge in [0.25, 0.3) is 10.0 Å². The fourth-order valence-electron chi connectivity index (χ4n) is 4.52. The second-order valence-corrected chi connectivity index (χ2v) is 11.3. The zero-order chi connectivity index (χ0) is 24.6. The van der Waals surface area contributed by atoms with Crippen molar-refractivity contribution in [3.8, 4) is 0 Å². The van der Waals surface area contributed by atoms with Gasteiger partial charge in [-0.1, -0.05) is 11.6 Å². The standard InChI is InChI=1S/C23H23ClFN5O3S2.2H2/c24-19-6-1-16(25)15-21(19)29-12-10-28(11-13-29)20-7-9-30(22(20)31)17-2-4-18(5-3-17)35(32,33)27-23-26-8-14-34-23;;/h1-6,8,14-15,20H,7,9-13H2,(H,26,27);2*1H/t20-;;/m0../s1. The predicted molar refractivity (Wildman–Crippen MR) is 140 cm³/mol. The van der Waals surface area contributed by atoms with E-state index in [4.69, 9.17) is 11.6 Å². The number of benzene rings is 2. The second kappa shape index (κ2) is 9.73. The van der Waals surface area contributed by atoms with Gasteiger partial charge in [0.15, 0.2) is 5.13 Å². The van der Waals surface area contributed by atoms with E-state index in [1.807, 2.05) is 4.90 Å². The second-order valence-electron chi connectivity index (χ2n) is 8.35. The molecule has 0 bridgehead atoms. The first-order chi connectivity index (χ1) is 16.8. The number of carbonyl (C=O) groups excluding carboxylic acids is 1. The maximum absolute atomic E-state index is 13.7. The van der Waals surface area contributed by atoms with E-state index in [-0.39, 0.29) is 25.5 Å². The molecular weight excluding hydrogens is 513 g/mol. The molecule has 2 saturated heterocycles. The molecule has 0 unspecified atom stereocenters. The van der Waals surface area contributed by atoms with Crippen LogP contribution in [-0.4, -0.2) is 63.0 Å². The summed E-state index contributed by atoms with van der Waals surface area (Å²) in [5.41, 5.74) is 1.33. The minimum atomic E-state index is -3.75. The van der Waals surface area contributed by atoms with Crippen molar-refractivity contribution in [2.45, 2.75) is 17.4 Å². The Morgan fingerprint density at radius 1 is 1.09 bits per heavy atom. The van der Waals surface area contributed by atoms with Gasteiger partial charge in [-0.3, -0.25) is 14.4 Å². The number of halogens is 2. The van der Waals surface area contributed by atoms with Gasteiger partial charge < -0.3 is 9.80 Å². The van der Waals surface area contributed by atoms with Gasteiger partial charge in [-0.25, -0.2) is 17.8 Å². The summed E-state index contributed by atoms with van der Waals surface area (Å²) < 4.78 is 41.2. The quantitative estimate of drug-likeness (QED) is 0.506. The Bertz CT molecular complexity index is 1320. The van der Waals surface area contributed by atoms with E-state index in [1.54, 1.807) is 28.5 Å². The highest BCUT2D eigenvalue weighted by Gasteiger charge is 2.38. The fourth-order valence-corrected chi connectivity index (χ4v) is 6.54. The third-order valence-corrected chi connectivity index (χ3v) is 8.79. The normalized spacial score (nSPS) is 19.4. The Morgan fingerprint density at radius 3 is 2.51 bits per heavy atom. The zero-order valence-electron chi connectivity index (χ0n) is 18.6. The van der Waals surface area contributed by atoms with Crippen molar-refractivity contribution < 1.29 is 20.5 Å². The molecule has 0 spiro atoms. The van der Waals surface area contributed by atoms with Gasteiger partial charge in [0.1, 0.15) is 5.82 Å².